The molecule has 1 heterocycles. The molecule has 0 atom stereocenters. The molecule has 0 spiro atoms. The van der Waals surface area contributed by atoms with Gasteiger partial charge in [-0.2, -0.15) is 0 Å². The molecule has 0 radical (unpaired) electrons. The monoisotopic (exact) mass is 341 g/mol. The highest BCUT2D eigenvalue weighted by molar-refractivity contribution is 7.99. The van der Waals surface area contributed by atoms with Gasteiger partial charge in [-0.15, -0.1) is 10.2 Å². The van der Waals surface area contributed by atoms with Crippen LogP contribution < -0.4 is 0 Å². The predicted octanol–water partition coefficient (Wildman–Crippen LogP) is 2.25. The summed E-state index contributed by atoms with van der Waals surface area (Å²) in [6.45, 7) is 2.40. The summed E-state index contributed by atoms with van der Waals surface area (Å²) in [5.74, 6) is 0.467. The topological polar surface area (TPSA) is 77.2 Å². The van der Waals surface area contributed by atoms with Crippen molar-refractivity contribution in [2.24, 2.45) is 0 Å². The van der Waals surface area contributed by atoms with Gasteiger partial charge >= 0.3 is 5.97 Å². The van der Waals surface area contributed by atoms with Crippen LogP contribution in [0.2, 0.25) is 5.02 Å². The van der Waals surface area contributed by atoms with Gasteiger partial charge < -0.3 is 9.84 Å². The van der Waals surface area contributed by atoms with Crippen LogP contribution in [0.1, 0.15) is 6.92 Å². The van der Waals surface area contributed by atoms with Crippen molar-refractivity contribution in [2.45, 2.75) is 18.6 Å². The van der Waals surface area contributed by atoms with Crippen molar-refractivity contribution in [3.63, 3.8) is 0 Å². The van der Waals surface area contributed by atoms with Gasteiger partial charge in [-0.05, 0) is 31.2 Å². The number of esters is 1. The number of aliphatic hydroxyl groups excluding tert-OH is 1. The van der Waals surface area contributed by atoms with Gasteiger partial charge in [0.25, 0.3) is 0 Å². The van der Waals surface area contributed by atoms with Gasteiger partial charge in [0, 0.05) is 17.1 Å². The second-order valence-corrected chi connectivity index (χ2v) is 5.66. The first-order valence-electron chi connectivity index (χ1n) is 6.74. The van der Waals surface area contributed by atoms with Gasteiger partial charge in [-0.1, -0.05) is 23.4 Å². The zero-order valence-electron chi connectivity index (χ0n) is 12.0. The summed E-state index contributed by atoms with van der Waals surface area (Å²) in [7, 11) is 0. The Morgan fingerprint density at radius 3 is 2.73 bits per heavy atom. The number of nitrogens with zero attached hydrogens (tertiary/aromatic N) is 3. The van der Waals surface area contributed by atoms with E-state index in [0.29, 0.717) is 29.2 Å². The Bertz CT molecular complexity index is 631. The Balaban J connectivity index is 2.21. The molecule has 1 aromatic heterocycles. The van der Waals surface area contributed by atoms with Crippen LogP contribution >= 0.6 is 23.4 Å². The fourth-order valence-electron chi connectivity index (χ4n) is 1.84. The highest BCUT2D eigenvalue weighted by Crippen LogP contribution is 2.25. The number of ether oxygens (including phenoxy) is 1. The lowest BCUT2D eigenvalue weighted by molar-refractivity contribution is -0.139. The molecule has 0 saturated heterocycles. The van der Waals surface area contributed by atoms with Crippen LogP contribution in [0.4, 0.5) is 0 Å². The van der Waals surface area contributed by atoms with E-state index in [0.717, 1.165) is 5.56 Å². The lowest BCUT2D eigenvalue weighted by Gasteiger charge is -2.08. The number of halogens is 1. The third-order valence-electron chi connectivity index (χ3n) is 2.77. The fraction of sp³-hybridized carbons (Fsp3) is 0.357. The van der Waals surface area contributed by atoms with Gasteiger partial charge in [0.1, 0.15) is 0 Å². The minimum absolute atomic E-state index is 0.0500. The summed E-state index contributed by atoms with van der Waals surface area (Å²) in [5.41, 5.74) is 0.841. The summed E-state index contributed by atoms with van der Waals surface area (Å²) in [5, 5.41) is 18.7. The Hall–Kier alpha value is -1.57. The maximum Gasteiger partial charge on any atom is 0.316 e. The predicted molar refractivity (Wildman–Crippen MR) is 84.9 cm³/mol. The van der Waals surface area contributed by atoms with Crippen molar-refractivity contribution in [2.75, 3.05) is 19.0 Å². The number of hydrogen-bond acceptors (Lipinski definition) is 6. The van der Waals surface area contributed by atoms with E-state index in [1.807, 2.05) is 12.1 Å². The van der Waals surface area contributed by atoms with Crippen LogP contribution in [0.3, 0.4) is 0 Å². The summed E-state index contributed by atoms with van der Waals surface area (Å²) in [4.78, 5) is 11.4. The van der Waals surface area contributed by atoms with Crippen LogP contribution in [-0.2, 0) is 16.1 Å². The second-order valence-electron chi connectivity index (χ2n) is 4.28. The lowest BCUT2D eigenvalue weighted by Crippen LogP contribution is -2.09. The molecule has 0 bridgehead atoms. The van der Waals surface area contributed by atoms with Gasteiger partial charge in [0.2, 0.25) is 0 Å². The maximum absolute atomic E-state index is 11.4. The van der Waals surface area contributed by atoms with Gasteiger partial charge in [-0.25, -0.2) is 0 Å². The molecular formula is C14H16ClN3O3S. The third kappa shape index (κ3) is 4.22. The average Bonchev–Trinajstić information content (AvgIpc) is 2.90. The SMILES string of the molecule is CCOC(=O)CSc1nnc(-c2ccc(Cl)cc2)n1CCO. The molecule has 0 fully saturated rings. The largest absolute Gasteiger partial charge is 0.465 e. The molecule has 118 valence electrons. The second kappa shape index (κ2) is 8.17. The summed E-state index contributed by atoms with van der Waals surface area (Å²) < 4.78 is 6.66. The number of aromatic nitrogens is 3. The van der Waals surface area contributed by atoms with E-state index in [1.54, 1.807) is 23.6 Å². The quantitative estimate of drug-likeness (QED) is 0.614. The van der Waals surface area contributed by atoms with Gasteiger partial charge in [0.05, 0.1) is 19.0 Å². The van der Waals surface area contributed by atoms with E-state index >= 15 is 0 Å². The molecule has 22 heavy (non-hydrogen) atoms. The summed E-state index contributed by atoms with van der Waals surface area (Å²) in [6, 6.07) is 7.20. The molecule has 2 rings (SSSR count). The highest BCUT2D eigenvalue weighted by Gasteiger charge is 2.15. The van der Waals surface area contributed by atoms with E-state index in [-0.39, 0.29) is 18.3 Å². The van der Waals surface area contributed by atoms with Gasteiger partial charge in [-0.3, -0.25) is 9.36 Å². The molecule has 8 heteroatoms. The minimum Gasteiger partial charge on any atom is -0.465 e. The number of rotatable bonds is 7. The Morgan fingerprint density at radius 2 is 2.09 bits per heavy atom. The Kier molecular flexibility index (Phi) is 6.23. The molecule has 0 aliphatic carbocycles. The van der Waals surface area contributed by atoms with Crippen LogP contribution in [0.5, 0.6) is 0 Å². The van der Waals surface area contributed by atoms with Crippen molar-refractivity contribution in [3.05, 3.63) is 29.3 Å². The van der Waals surface area contributed by atoms with E-state index in [4.69, 9.17) is 16.3 Å². The zero-order chi connectivity index (χ0) is 15.9. The van der Waals surface area contributed by atoms with E-state index in [9.17, 15) is 9.90 Å². The first kappa shape index (κ1) is 16.8. The smallest absolute Gasteiger partial charge is 0.316 e. The normalized spacial score (nSPS) is 10.7. The standard InChI is InChI=1S/C14H16ClN3O3S/c1-2-21-12(20)9-22-14-17-16-13(18(14)7-8-19)10-3-5-11(15)6-4-10/h3-6,19H,2,7-9H2,1H3. The Labute approximate surface area is 137 Å². The van der Waals surface area contributed by atoms with Crippen LogP contribution in [0, 0.1) is 0 Å². The van der Waals surface area contributed by atoms with Crippen LogP contribution in [0.25, 0.3) is 11.4 Å². The Morgan fingerprint density at radius 1 is 1.36 bits per heavy atom. The first-order chi connectivity index (χ1) is 10.7. The van der Waals surface area contributed by atoms with Crippen LogP contribution in [0.15, 0.2) is 29.4 Å². The van der Waals surface area contributed by atoms with Crippen molar-refractivity contribution >= 4 is 29.3 Å². The van der Waals surface area contributed by atoms with E-state index in [1.165, 1.54) is 11.8 Å². The number of benzene rings is 1. The zero-order valence-corrected chi connectivity index (χ0v) is 13.6. The van der Waals surface area contributed by atoms with Crippen molar-refractivity contribution < 1.29 is 14.6 Å². The average molecular weight is 342 g/mol. The molecule has 0 aliphatic heterocycles. The summed E-state index contributed by atoms with van der Waals surface area (Å²) >= 11 is 7.11. The molecule has 0 amide bonds. The molecule has 1 N–H and O–H groups in total. The fourth-order valence-corrected chi connectivity index (χ4v) is 2.72. The number of thioether (sulfide) groups is 1. The molecule has 0 aliphatic rings. The molecule has 0 unspecified atom stereocenters. The maximum atomic E-state index is 11.4. The van der Waals surface area contributed by atoms with E-state index < -0.39 is 0 Å². The lowest BCUT2D eigenvalue weighted by atomic mass is 10.2. The molecule has 2 aromatic rings. The number of hydrogen-bond donors (Lipinski definition) is 1. The van der Waals surface area contributed by atoms with Gasteiger partial charge in [0.15, 0.2) is 11.0 Å². The van der Waals surface area contributed by atoms with Crippen molar-refractivity contribution in [1.29, 1.82) is 0 Å². The summed E-state index contributed by atoms with van der Waals surface area (Å²) in [6.07, 6.45) is 0. The molecule has 0 saturated carbocycles. The van der Waals surface area contributed by atoms with E-state index in [2.05, 4.69) is 10.2 Å². The first-order valence-corrected chi connectivity index (χ1v) is 8.10. The third-order valence-corrected chi connectivity index (χ3v) is 3.96. The highest BCUT2D eigenvalue weighted by atomic mass is 35.5. The molecular weight excluding hydrogens is 326 g/mol. The van der Waals surface area contributed by atoms with Crippen molar-refractivity contribution in [1.82, 2.24) is 14.8 Å². The van der Waals surface area contributed by atoms with Crippen molar-refractivity contribution in [3.8, 4) is 11.4 Å². The number of aliphatic hydroxyl groups is 1. The molecule has 1 aromatic carbocycles. The number of carbonyl (C=O) groups excluding carboxylic acids is 1. The minimum atomic E-state index is -0.306. The number of carbonyl (C=O) groups is 1. The molecule has 6 nitrogen and oxygen atoms in total. The van der Waals surface area contributed by atoms with Crippen LogP contribution in [-0.4, -0.2) is 44.8 Å².